The van der Waals surface area contributed by atoms with Gasteiger partial charge in [0.1, 0.15) is 11.6 Å². The van der Waals surface area contributed by atoms with Crippen LogP contribution in [0.25, 0.3) is 11.3 Å². The van der Waals surface area contributed by atoms with Crippen LogP contribution in [-0.2, 0) is 0 Å². The van der Waals surface area contributed by atoms with Gasteiger partial charge in [-0.05, 0) is 53.5 Å². The minimum atomic E-state index is -0.250. The molecule has 1 aliphatic heterocycles. The molecule has 1 fully saturated rings. The van der Waals surface area contributed by atoms with Gasteiger partial charge in [0.25, 0.3) is 0 Å². The Labute approximate surface area is 119 Å². The number of nitrogens with one attached hydrogen (secondary N) is 2. The highest BCUT2D eigenvalue weighted by Crippen LogP contribution is 2.26. The van der Waals surface area contributed by atoms with E-state index in [-0.39, 0.29) is 5.82 Å². The van der Waals surface area contributed by atoms with Crippen LogP contribution in [0.3, 0.4) is 0 Å². The Morgan fingerprint density at radius 3 is 3.00 bits per heavy atom. The fourth-order valence-corrected chi connectivity index (χ4v) is 2.82. The molecule has 3 nitrogen and oxygen atoms in total. The molecule has 2 aromatic rings. The van der Waals surface area contributed by atoms with Crippen LogP contribution < -0.4 is 5.32 Å². The van der Waals surface area contributed by atoms with Crippen molar-refractivity contribution in [3.8, 4) is 11.3 Å². The summed E-state index contributed by atoms with van der Waals surface area (Å²) in [5, 5.41) is 3.38. The van der Waals surface area contributed by atoms with Gasteiger partial charge in [-0.15, -0.1) is 0 Å². The first-order chi connectivity index (χ1) is 9.24. The number of halogens is 2. The monoisotopic (exact) mass is 323 g/mol. The van der Waals surface area contributed by atoms with Gasteiger partial charge in [-0.1, -0.05) is 0 Å². The van der Waals surface area contributed by atoms with E-state index in [1.807, 2.05) is 6.20 Å². The molecule has 1 unspecified atom stereocenters. The van der Waals surface area contributed by atoms with Gasteiger partial charge in [0.05, 0.1) is 16.4 Å². The number of H-pyrrole nitrogens is 1. The van der Waals surface area contributed by atoms with Crippen molar-refractivity contribution >= 4 is 15.9 Å². The zero-order chi connectivity index (χ0) is 13.2. The van der Waals surface area contributed by atoms with E-state index < -0.39 is 0 Å². The quantitative estimate of drug-likeness (QED) is 0.888. The molecule has 1 aromatic heterocycles. The zero-order valence-corrected chi connectivity index (χ0v) is 12.0. The number of aromatic nitrogens is 2. The third kappa shape index (κ3) is 2.72. The lowest BCUT2D eigenvalue weighted by Gasteiger charge is -2.20. The molecule has 19 heavy (non-hydrogen) atoms. The summed E-state index contributed by atoms with van der Waals surface area (Å²) in [5.74, 6) is 1.22. The molecule has 1 saturated heterocycles. The lowest BCUT2D eigenvalue weighted by atomic mass is 9.99. The first kappa shape index (κ1) is 12.8. The number of rotatable bonds is 2. The molecule has 0 aliphatic carbocycles. The molecule has 1 atom stereocenters. The molecule has 0 spiro atoms. The van der Waals surface area contributed by atoms with Crippen LogP contribution >= 0.6 is 15.9 Å². The molecule has 100 valence electrons. The number of benzene rings is 1. The largest absolute Gasteiger partial charge is 0.342 e. The Kier molecular flexibility index (Phi) is 3.66. The molecule has 0 radical (unpaired) electrons. The second-order valence-corrected chi connectivity index (χ2v) is 5.71. The summed E-state index contributed by atoms with van der Waals surface area (Å²) in [4.78, 5) is 7.82. The third-order valence-corrected chi connectivity index (χ3v) is 4.12. The normalized spacial score (nSPS) is 19.6. The highest BCUT2D eigenvalue weighted by Gasteiger charge is 2.18. The van der Waals surface area contributed by atoms with Gasteiger partial charge < -0.3 is 10.3 Å². The smallest absolute Gasteiger partial charge is 0.137 e. The van der Waals surface area contributed by atoms with Crippen LogP contribution in [0.4, 0.5) is 4.39 Å². The van der Waals surface area contributed by atoms with Crippen LogP contribution in [0.5, 0.6) is 0 Å². The summed E-state index contributed by atoms with van der Waals surface area (Å²) < 4.78 is 13.7. The Hall–Kier alpha value is -1.20. The van der Waals surface area contributed by atoms with E-state index in [1.165, 1.54) is 12.5 Å². The lowest BCUT2D eigenvalue weighted by molar-refractivity contribution is 0.449. The maximum absolute atomic E-state index is 13.2. The molecule has 0 saturated carbocycles. The minimum absolute atomic E-state index is 0.250. The highest BCUT2D eigenvalue weighted by atomic mass is 79.9. The SMILES string of the molecule is Fc1ccc(-c2cnc(C3CCCNC3)[nH]2)cc1Br. The summed E-state index contributed by atoms with van der Waals surface area (Å²) in [6.45, 7) is 2.06. The standard InChI is InChI=1S/C14H15BrFN3/c15-11-6-9(3-4-12(11)16)13-8-18-14(19-13)10-2-1-5-17-7-10/h3-4,6,8,10,17H,1-2,5,7H2,(H,18,19). The molecule has 1 aliphatic rings. The maximum Gasteiger partial charge on any atom is 0.137 e. The van der Waals surface area contributed by atoms with Crippen molar-refractivity contribution < 1.29 is 4.39 Å². The van der Waals surface area contributed by atoms with Crippen molar-refractivity contribution in [3.05, 3.63) is 40.5 Å². The van der Waals surface area contributed by atoms with Gasteiger partial charge >= 0.3 is 0 Å². The predicted octanol–water partition coefficient (Wildman–Crippen LogP) is 3.45. The van der Waals surface area contributed by atoms with Gasteiger partial charge in [0.15, 0.2) is 0 Å². The Morgan fingerprint density at radius 1 is 1.37 bits per heavy atom. The van der Waals surface area contributed by atoms with Crippen molar-refractivity contribution in [1.82, 2.24) is 15.3 Å². The van der Waals surface area contributed by atoms with Crippen molar-refractivity contribution in [2.45, 2.75) is 18.8 Å². The Balaban J connectivity index is 1.85. The van der Waals surface area contributed by atoms with Gasteiger partial charge in [0.2, 0.25) is 0 Å². The third-order valence-electron chi connectivity index (χ3n) is 3.51. The number of nitrogens with zero attached hydrogens (tertiary/aromatic N) is 1. The summed E-state index contributed by atoms with van der Waals surface area (Å²) in [6, 6.07) is 4.99. The van der Waals surface area contributed by atoms with E-state index in [2.05, 4.69) is 31.2 Å². The lowest BCUT2D eigenvalue weighted by Crippen LogP contribution is -2.28. The van der Waals surface area contributed by atoms with Crippen LogP contribution in [0.2, 0.25) is 0 Å². The first-order valence-electron chi connectivity index (χ1n) is 6.45. The van der Waals surface area contributed by atoms with Crippen LogP contribution in [0.1, 0.15) is 24.6 Å². The van der Waals surface area contributed by atoms with Crippen LogP contribution in [0.15, 0.2) is 28.9 Å². The minimum Gasteiger partial charge on any atom is -0.342 e. The number of piperidine rings is 1. The molecule has 0 amide bonds. The summed E-state index contributed by atoms with van der Waals surface area (Å²) >= 11 is 3.21. The van der Waals surface area contributed by atoms with Crippen LogP contribution in [-0.4, -0.2) is 23.1 Å². The Morgan fingerprint density at radius 2 is 2.26 bits per heavy atom. The van der Waals surface area contributed by atoms with Crippen molar-refractivity contribution in [2.75, 3.05) is 13.1 Å². The fraction of sp³-hybridized carbons (Fsp3) is 0.357. The second kappa shape index (κ2) is 5.43. The molecule has 1 aromatic carbocycles. The predicted molar refractivity (Wildman–Crippen MR) is 76.5 cm³/mol. The van der Waals surface area contributed by atoms with E-state index >= 15 is 0 Å². The number of aromatic amines is 1. The van der Waals surface area contributed by atoms with Gasteiger partial charge in [-0.2, -0.15) is 0 Å². The van der Waals surface area contributed by atoms with E-state index in [0.717, 1.165) is 36.6 Å². The molecule has 2 heterocycles. The topological polar surface area (TPSA) is 40.7 Å². The maximum atomic E-state index is 13.2. The number of hydrogen-bond acceptors (Lipinski definition) is 2. The van der Waals surface area contributed by atoms with Crippen molar-refractivity contribution in [3.63, 3.8) is 0 Å². The average Bonchev–Trinajstić information content (AvgIpc) is 2.93. The zero-order valence-electron chi connectivity index (χ0n) is 10.4. The summed E-state index contributed by atoms with van der Waals surface area (Å²) in [6.07, 6.45) is 4.17. The number of hydrogen-bond donors (Lipinski definition) is 2. The van der Waals surface area contributed by atoms with Gasteiger partial charge in [-0.3, -0.25) is 0 Å². The van der Waals surface area contributed by atoms with Gasteiger partial charge in [-0.25, -0.2) is 9.37 Å². The first-order valence-corrected chi connectivity index (χ1v) is 7.24. The van der Waals surface area contributed by atoms with E-state index in [9.17, 15) is 4.39 Å². The summed E-state index contributed by atoms with van der Waals surface area (Å²) in [5.41, 5.74) is 1.87. The Bertz CT molecular complexity index is 576. The van der Waals surface area contributed by atoms with E-state index in [0.29, 0.717) is 10.4 Å². The van der Waals surface area contributed by atoms with Gasteiger partial charge in [0, 0.05) is 18.0 Å². The number of imidazole rings is 1. The van der Waals surface area contributed by atoms with Crippen molar-refractivity contribution in [2.24, 2.45) is 0 Å². The molecule has 0 bridgehead atoms. The fourth-order valence-electron chi connectivity index (χ4n) is 2.44. The van der Waals surface area contributed by atoms with E-state index in [4.69, 9.17) is 0 Å². The van der Waals surface area contributed by atoms with Crippen molar-refractivity contribution in [1.29, 1.82) is 0 Å². The molecule has 3 rings (SSSR count). The second-order valence-electron chi connectivity index (χ2n) is 4.85. The highest BCUT2D eigenvalue weighted by molar-refractivity contribution is 9.10. The molecular formula is C14H15BrFN3. The molecule has 5 heteroatoms. The summed E-state index contributed by atoms with van der Waals surface area (Å²) in [7, 11) is 0. The van der Waals surface area contributed by atoms with E-state index in [1.54, 1.807) is 12.1 Å². The molecule has 2 N–H and O–H groups in total. The molecular weight excluding hydrogens is 309 g/mol. The van der Waals surface area contributed by atoms with Crippen LogP contribution in [0, 0.1) is 5.82 Å². The average molecular weight is 324 g/mol.